The Morgan fingerprint density at radius 3 is 3.06 bits per heavy atom. The smallest absolute Gasteiger partial charge is 0.338 e. The number of aromatic carboxylic acids is 1. The molecule has 0 aliphatic carbocycles. The van der Waals surface area contributed by atoms with Gasteiger partial charge >= 0.3 is 5.97 Å². The van der Waals surface area contributed by atoms with E-state index in [1.807, 2.05) is 5.38 Å². The third kappa shape index (κ3) is 2.59. The SMILES string of the molecule is O=C(O)c1cccnc1SCc1cscn1. The minimum atomic E-state index is -0.950. The van der Waals surface area contributed by atoms with E-state index < -0.39 is 5.97 Å². The quantitative estimate of drug-likeness (QED) is 0.847. The summed E-state index contributed by atoms with van der Waals surface area (Å²) in [5, 5.41) is 11.4. The zero-order chi connectivity index (χ0) is 11.4. The maximum absolute atomic E-state index is 10.9. The summed E-state index contributed by atoms with van der Waals surface area (Å²) >= 11 is 2.91. The zero-order valence-electron chi connectivity index (χ0n) is 8.16. The summed E-state index contributed by atoms with van der Waals surface area (Å²) in [7, 11) is 0. The first-order valence-electron chi connectivity index (χ1n) is 4.45. The summed E-state index contributed by atoms with van der Waals surface area (Å²) in [5.41, 5.74) is 2.94. The number of nitrogens with zero attached hydrogens (tertiary/aromatic N) is 2. The van der Waals surface area contributed by atoms with Crippen LogP contribution in [0.15, 0.2) is 34.2 Å². The van der Waals surface area contributed by atoms with Crippen LogP contribution in [0.5, 0.6) is 0 Å². The predicted molar refractivity (Wildman–Crippen MR) is 62.9 cm³/mol. The molecule has 0 fully saturated rings. The van der Waals surface area contributed by atoms with Crippen molar-refractivity contribution in [2.24, 2.45) is 0 Å². The molecule has 0 spiro atoms. The van der Waals surface area contributed by atoms with Crippen LogP contribution >= 0.6 is 23.1 Å². The van der Waals surface area contributed by atoms with Gasteiger partial charge in [-0.1, -0.05) is 11.8 Å². The van der Waals surface area contributed by atoms with Gasteiger partial charge < -0.3 is 5.11 Å². The van der Waals surface area contributed by atoms with E-state index in [0.717, 1.165) is 5.69 Å². The Morgan fingerprint density at radius 2 is 2.38 bits per heavy atom. The lowest BCUT2D eigenvalue weighted by Crippen LogP contribution is -2.00. The summed E-state index contributed by atoms with van der Waals surface area (Å²) in [5.74, 6) is -0.310. The summed E-state index contributed by atoms with van der Waals surface area (Å²) < 4.78 is 0. The van der Waals surface area contributed by atoms with Crippen LogP contribution in [0.4, 0.5) is 0 Å². The largest absolute Gasteiger partial charge is 0.478 e. The van der Waals surface area contributed by atoms with Gasteiger partial charge in [0.2, 0.25) is 0 Å². The molecule has 0 saturated heterocycles. The normalized spacial score (nSPS) is 10.2. The molecule has 0 aliphatic heterocycles. The van der Waals surface area contributed by atoms with E-state index >= 15 is 0 Å². The van der Waals surface area contributed by atoms with Gasteiger partial charge in [-0.15, -0.1) is 11.3 Å². The van der Waals surface area contributed by atoms with Crippen molar-refractivity contribution in [2.75, 3.05) is 0 Å². The summed E-state index contributed by atoms with van der Waals surface area (Å²) in [6.07, 6.45) is 1.59. The summed E-state index contributed by atoms with van der Waals surface area (Å²) in [6.45, 7) is 0. The van der Waals surface area contributed by atoms with Crippen LogP contribution in [0.2, 0.25) is 0 Å². The molecule has 0 atom stereocenters. The Balaban J connectivity index is 2.12. The first-order valence-corrected chi connectivity index (χ1v) is 6.38. The molecule has 0 saturated carbocycles. The van der Waals surface area contributed by atoms with Gasteiger partial charge in [-0.05, 0) is 12.1 Å². The third-order valence-electron chi connectivity index (χ3n) is 1.84. The first-order chi connectivity index (χ1) is 7.77. The molecule has 4 nitrogen and oxygen atoms in total. The third-order valence-corrected chi connectivity index (χ3v) is 3.52. The van der Waals surface area contributed by atoms with Crippen LogP contribution in [0, 0.1) is 0 Å². The van der Waals surface area contributed by atoms with Crippen LogP contribution in [-0.2, 0) is 5.75 Å². The molecule has 0 unspecified atom stereocenters. The lowest BCUT2D eigenvalue weighted by atomic mass is 10.3. The second kappa shape index (κ2) is 5.09. The molecule has 2 rings (SSSR count). The molecule has 2 aromatic heterocycles. The number of hydrogen-bond donors (Lipinski definition) is 1. The fourth-order valence-corrected chi connectivity index (χ4v) is 2.67. The molecule has 0 aromatic carbocycles. The van der Waals surface area contributed by atoms with Gasteiger partial charge in [0.1, 0.15) is 5.03 Å². The number of carboxylic acid groups (broad SMARTS) is 1. The second-order valence-corrected chi connectivity index (χ2v) is 4.61. The molecular formula is C10H8N2O2S2. The maximum atomic E-state index is 10.9. The Bertz CT molecular complexity index is 485. The van der Waals surface area contributed by atoms with Crippen LogP contribution < -0.4 is 0 Å². The van der Waals surface area contributed by atoms with Gasteiger partial charge in [0.15, 0.2) is 0 Å². The second-order valence-electron chi connectivity index (χ2n) is 2.93. The molecule has 1 N–H and O–H groups in total. The van der Waals surface area contributed by atoms with Gasteiger partial charge in [0.05, 0.1) is 16.8 Å². The molecular weight excluding hydrogens is 244 g/mol. The van der Waals surface area contributed by atoms with Crippen LogP contribution in [0.1, 0.15) is 16.1 Å². The fraction of sp³-hybridized carbons (Fsp3) is 0.100. The van der Waals surface area contributed by atoms with Crippen molar-refractivity contribution in [3.05, 3.63) is 40.5 Å². The Kier molecular flexibility index (Phi) is 3.53. The van der Waals surface area contributed by atoms with E-state index in [0.29, 0.717) is 10.8 Å². The molecule has 0 bridgehead atoms. The number of thiazole rings is 1. The number of thioether (sulfide) groups is 1. The van der Waals surface area contributed by atoms with Gasteiger partial charge in [-0.3, -0.25) is 0 Å². The van der Waals surface area contributed by atoms with Crippen molar-refractivity contribution in [3.8, 4) is 0 Å². The van der Waals surface area contributed by atoms with E-state index in [9.17, 15) is 4.79 Å². The number of carboxylic acids is 1. The molecule has 82 valence electrons. The number of pyridine rings is 1. The topological polar surface area (TPSA) is 63.1 Å². The molecule has 0 aliphatic rings. The molecule has 16 heavy (non-hydrogen) atoms. The summed E-state index contributed by atoms with van der Waals surface area (Å²) in [6, 6.07) is 3.18. The van der Waals surface area contributed by atoms with E-state index in [2.05, 4.69) is 9.97 Å². The van der Waals surface area contributed by atoms with Gasteiger partial charge in [0, 0.05) is 17.3 Å². The Morgan fingerprint density at radius 1 is 1.50 bits per heavy atom. The Hall–Kier alpha value is -1.40. The maximum Gasteiger partial charge on any atom is 0.338 e. The van der Waals surface area contributed by atoms with E-state index in [-0.39, 0.29) is 5.56 Å². The average Bonchev–Trinajstić information content (AvgIpc) is 2.79. The number of rotatable bonds is 4. The van der Waals surface area contributed by atoms with E-state index in [1.165, 1.54) is 23.1 Å². The lowest BCUT2D eigenvalue weighted by molar-refractivity contribution is 0.0692. The minimum Gasteiger partial charge on any atom is -0.478 e. The molecule has 2 aromatic rings. The minimum absolute atomic E-state index is 0.239. The Labute approximate surface area is 100 Å². The highest BCUT2D eigenvalue weighted by Crippen LogP contribution is 2.23. The van der Waals surface area contributed by atoms with Gasteiger partial charge in [-0.25, -0.2) is 14.8 Å². The number of hydrogen-bond acceptors (Lipinski definition) is 5. The molecule has 2 heterocycles. The highest BCUT2D eigenvalue weighted by molar-refractivity contribution is 7.98. The van der Waals surface area contributed by atoms with Crippen LogP contribution in [0.25, 0.3) is 0 Å². The van der Waals surface area contributed by atoms with Crippen molar-refractivity contribution in [3.63, 3.8) is 0 Å². The van der Waals surface area contributed by atoms with Crippen LogP contribution in [0.3, 0.4) is 0 Å². The molecule has 6 heteroatoms. The number of aromatic nitrogens is 2. The van der Waals surface area contributed by atoms with E-state index in [4.69, 9.17) is 5.11 Å². The van der Waals surface area contributed by atoms with Gasteiger partial charge in [0.25, 0.3) is 0 Å². The van der Waals surface area contributed by atoms with Crippen molar-refractivity contribution >= 4 is 29.1 Å². The van der Waals surface area contributed by atoms with Crippen molar-refractivity contribution in [1.82, 2.24) is 9.97 Å². The highest BCUT2D eigenvalue weighted by atomic mass is 32.2. The zero-order valence-corrected chi connectivity index (χ0v) is 9.79. The standard InChI is InChI=1S/C10H8N2O2S2/c13-10(14)8-2-1-3-11-9(8)16-5-7-4-15-6-12-7/h1-4,6H,5H2,(H,13,14). The number of carbonyl (C=O) groups is 1. The monoisotopic (exact) mass is 252 g/mol. The highest BCUT2D eigenvalue weighted by Gasteiger charge is 2.11. The molecule has 0 amide bonds. The van der Waals surface area contributed by atoms with Crippen LogP contribution in [-0.4, -0.2) is 21.0 Å². The van der Waals surface area contributed by atoms with E-state index in [1.54, 1.807) is 23.8 Å². The van der Waals surface area contributed by atoms with Gasteiger partial charge in [-0.2, -0.15) is 0 Å². The van der Waals surface area contributed by atoms with Crippen molar-refractivity contribution in [2.45, 2.75) is 10.8 Å². The molecule has 0 radical (unpaired) electrons. The fourth-order valence-electron chi connectivity index (χ4n) is 1.12. The average molecular weight is 252 g/mol. The van der Waals surface area contributed by atoms with Crippen molar-refractivity contribution < 1.29 is 9.90 Å². The first kappa shape index (κ1) is 11.1. The predicted octanol–water partition coefficient (Wildman–Crippen LogP) is 2.53. The lowest BCUT2D eigenvalue weighted by Gasteiger charge is -2.02. The summed E-state index contributed by atoms with van der Waals surface area (Å²) in [4.78, 5) is 19.1. The van der Waals surface area contributed by atoms with Crippen molar-refractivity contribution in [1.29, 1.82) is 0 Å².